The molecule has 2 unspecified atom stereocenters. The van der Waals surface area contributed by atoms with Crippen LogP contribution in [0.1, 0.15) is 31.0 Å². The van der Waals surface area contributed by atoms with Crippen molar-refractivity contribution in [3.8, 4) is 0 Å². The Hall–Kier alpha value is -2.51. The molecule has 2 aromatic rings. The molecule has 3 N–H and O–H groups in total. The summed E-state index contributed by atoms with van der Waals surface area (Å²) in [5.41, 5.74) is 1.63. The summed E-state index contributed by atoms with van der Waals surface area (Å²) in [4.78, 5) is 4.34. The summed E-state index contributed by atoms with van der Waals surface area (Å²) in [6, 6.07) is 13.2. The van der Waals surface area contributed by atoms with Crippen LogP contribution in [0.4, 0.5) is 8.78 Å². The molecule has 0 aliphatic carbocycles. The van der Waals surface area contributed by atoms with Crippen molar-refractivity contribution in [2.24, 2.45) is 4.99 Å². The van der Waals surface area contributed by atoms with E-state index in [1.165, 1.54) is 6.07 Å². The minimum atomic E-state index is -0.890. The second kappa shape index (κ2) is 11.4. The van der Waals surface area contributed by atoms with E-state index in [0.717, 1.165) is 17.7 Å². The third-order valence-corrected chi connectivity index (χ3v) is 4.02. The smallest absolute Gasteiger partial charge is 0.191 e. The number of aliphatic imine (C=N–C) groups is 1. The van der Waals surface area contributed by atoms with Crippen molar-refractivity contribution in [2.75, 3.05) is 19.7 Å². The number of halogens is 2. The molecule has 0 amide bonds. The molecule has 0 aromatic heterocycles. The molecule has 152 valence electrons. The van der Waals surface area contributed by atoms with Crippen LogP contribution >= 0.6 is 0 Å². The van der Waals surface area contributed by atoms with Crippen molar-refractivity contribution in [3.63, 3.8) is 0 Å². The molecule has 2 rings (SSSR count). The van der Waals surface area contributed by atoms with Crippen LogP contribution in [0.15, 0.2) is 53.5 Å². The van der Waals surface area contributed by atoms with Gasteiger partial charge in [0.25, 0.3) is 0 Å². The van der Waals surface area contributed by atoms with E-state index < -0.39 is 17.7 Å². The van der Waals surface area contributed by atoms with E-state index in [0.29, 0.717) is 24.7 Å². The molecule has 28 heavy (non-hydrogen) atoms. The maximum absolute atomic E-state index is 13.4. The van der Waals surface area contributed by atoms with Crippen molar-refractivity contribution in [1.82, 2.24) is 10.6 Å². The fraction of sp³-hybridized carbons (Fsp3) is 0.381. The number of ether oxygens (including phenoxy) is 1. The third-order valence-electron chi connectivity index (χ3n) is 4.02. The molecule has 0 aliphatic heterocycles. The Balaban J connectivity index is 1.85. The van der Waals surface area contributed by atoms with Gasteiger partial charge in [0.05, 0.1) is 31.9 Å². The minimum absolute atomic E-state index is 0.147. The highest BCUT2D eigenvalue weighted by Crippen LogP contribution is 2.15. The zero-order chi connectivity index (χ0) is 20.4. The Morgan fingerprint density at radius 1 is 1.14 bits per heavy atom. The molecule has 2 atom stereocenters. The molecule has 0 fully saturated rings. The molecule has 0 radical (unpaired) electrons. The van der Waals surface area contributed by atoms with E-state index in [1.54, 1.807) is 0 Å². The fourth-order valence-electron chi connectivity index (χ4n) is 2.53. The fourth-order valence-corrected chi connectivity index (χ4v) is 2.53. The Bertz CT molecular complexity index is 757. The summed E-state index contributed by atoms with van der Waals surface area (Å²) in [6.07, 6.45) is -0.752. The van der Waals surface area contributed by atoms with Crippen LogP contribution in [0.3, 0.4) is 0 Å². The van der Waals surface area contributed by atoms with Gasteiger partial charge in [0, 0.05) is 6.54 Å². The van der Waals surface area contributed by atoms with Crippen molar-refractivity contribution >= 4 is 5.96 Å². The SMILES string of the molecule is CCNC(=NCC(O)COCc1ccccc1)NC(C)c1ccc(F)c(F)c1. The van der Waals surface area contributed by atoms with E-state index in [4.69, 9.17) is 4.74 Å². The van der Waals surface area contributed by atoms with E-state index >= 15 is 0 Å². The first-order valence-electron chi connectivity index (χ1n) is 9.29. The lowest BCUT2D eigenvalue weighted by Crippen LogP contribution is -2.39. The van der Waals surface area contributed by atoms with E-state index in [-0.39, 0.29) is 19.2 Å². The zero-order valence-corrected chi connectivity index (χ0v) is 16.2. The summed E-state index contributed by atoms with van der Waals surface area (Å²) >= 11 is 0. The van der Waals surface area contributed by atoms with Crippen molar-refractivity contribution in [3.05, 3.63) is 71.3 Å². The second-order valence-electron chi connectivity index (χ2n) is 6.41. The predicted molar refractivity (Wildman–Crippen MR) is 106 cm³/mol. The number of guanidine groups is 1. The van der Waals surface area contributed by atoms with E-state index in [1.807, 2.05) is 44.2 Å². The molecule has 0 aliphatic rings. The maximum Gasteiger partial charge on any atom is 0.191 e. The molecular weight excluding hydrogens is 364 g/mol. The first kappa shape index (κ1) is 21.8. The van der Waals surface area contributed by atoms with Crippen molar-refractivity contribution in [2.45, 2.75) is 32.6 Å². The van der Waals surface area contributed by atoms with Gasteiger partial charge in [-0.2, -0.15) is 0 Å². The number of hydrogen-bond donors (Lipinski definition) is 3. The van der Waals surface area contributed by atoms with Crippen molar-refractivity contribution in [1.29, 1.82) is 0 Å². The first-order chi connectivity index (χ1) is 13.5. The normalized spacial score (nSPS) is 13.8. The van der Waals surface area contributed by atoms with Gasteiger partial charge >= 0.3 is 0 Å². The topological polar surface area (TPSA) is 65.9 Å². The molecule has 7 heteroatoms. The summed E-state index contributed by atoms with van der Waals surface area (Å²) in [7, 11) is 0. The van der Waals surface area contributed by atoms with Crippen LogP contribution in [0, 0.1) is 11.6 Å². The highest BCUT2D eigenvalue weighted by atomic mass is 19.2. The molecule has 5 nitrogen and oxygen atoms in total. The number of benzene rings is 2. The van der Waals surface area contributed by atoms with Gasteiger partial charge in [-0.05, 0) is 37.1 Å². The predicted octanol–water partition coefficient (Wildman–Crippen LogP) is 3.16. The van der Waals surface area contributed by atoms with Gasteiger partial charge < -0.3 is 20.5 Å². The Labute approximate surface area is 164 Å². The molecule has 0 bridgehead atoms. The summed E-state index contributed by atoms with van der Waals surface area (Å²) < 4.78 is 32.0. The zero-order valence-electron chi connectivity index (χ0n) is 16.2. The third kappa shape index (κ3) is 7.25. The highest BCUT2D eigenvalue weighted by molar-refractivity contribution is 5.80. The molecule has 0 saturated carbocycles. The Morgan fingerprint density at radius 3 is 2.57 bits per heavy atom. The monoisotopic (exact) mass is 391 g/mol. The van der Waals surface area contributed by atoms with Crippen LogP contribution in [-0.2, 0) is 11.3 Å². The number of aliphatic hydroxyl groups is 1. The lowest BCUT2D eigenvalue weighted by atomic mass is 10.1. The first-order valence-corrected chi connectivity index (χ1v) is 9.29. The van der Waals surface area contributed by atoms with Crippen molar-refractivity contribution < 1.29 is 18.6 Å². The van der Waals surface area contributed by atoms with Crippen LogP contribution < -0.4 is 10.6 Å². The molecular formula is C21H27F2N3O2. The standard InChI is InChI=1S/C21H27F2N3O2/c1-3-24-21(26-15(2)17-9-10-19(22)20(23)11-17)25-12-18(27)14-28-13-16-7-5-4-6-8-16/h4-11,15,18,27H,3,12-14H2,1-2H3,(H2,24,25,26). The lowest BCUT2D eigenvalue weighted by molar-refractivity contribution is 0.0331. The molecule has 0 heterocycles. The van der Waals surface area contributed by atoms with Gasteiger partial charge in [0.2, 0.25) is 0 Å². The van der Waals surface area contributed by atoms with Gasteiger partial charge in [-0.1, -0.05) is 36.4 Å². The number of nitrogens with one attached hydrogen (secondary N) is 2. The minimum Gasteiger partial charge on any atom is -0.389 e. The maximum atomic E-state index is 13.4. The molecule has 0 saturated heterocycles. The average Bonchev–Trinajstić information content (AvgIpc) is 2.69. The summed E-state index contributed by atoms with van der Waals surface area (Å²) in [6.45, 7) is 5.09. The second-order valence-corrected chi connectivity index (χ2v) is 6.41. The van der Waals surface area contributed by atoms with Crippen LogP contribution in [-0.4, -0.2) is 36.9 Å². The van der Waals surface area contributed by atoms with Gasteiger partial charge in [-0.15, -0.1) is 0 Å². The largest absolute Gasteiger partial charge is 0.389 e. The Kier molecular flexibility index (Phi) is 8.84. The van der Waals surface area contributed by atoms with Gasteiger partial charge in [-0.25, -0.2) is 8.78 Å². The highest BCUT2D eigenvalue weighted by Gasteiger charge is 2.12. The lowest BCUT2D eigenvalue weighted by Gasteiger charge is -2.19. The van der Waals surface area contributed by atoms with E-state index in [9.17, 15) is 13.9 Å². The number of aliphatic hydroxyl groups excluding tert-OH is 1. The van der Waals surface area contributed by atoms with Gasteiger partial charge in [0.15, 0.2) is 17.6 Å². The van der Waals surface area contributed by atoms with E-state index in [2.05, 4.69) is 15.6 Å². The molecule has 0 spiro atoms. The summed E-state index contributed by atoms with van der Waals surface area (Å²) in [5, 5.41) is 16.3. The quantitative estimate of drug-likeness (QED) is 0.454. The molecule has 2 aromatic carbocycles. The van der Waals surface area contributed by atoms with Gasteiger partial charge in [-0.3, -0.25) is 4.99 Å². The number of rotatable bonds is 9. The van der Waals surface area contributed by atoms with Crippen LogP contribution in [0.2, 0.25) is 0 Å². The van der Waals surface area contributed by atoms with Crippen LogP contribution in [0.5, 0.6) is 0 Å². The summed E-state index contributed by atoms with van der Waals surface area (Å²) in [5.74, 6) is -1.30. The average molecular weight is 391 g/mol. The van der Waals surface area contributed by atoms with Gasteiger partial charge in [0.1, 0.15) is 0 Å². The number of nitrogens with zero attached hydrogens (tertiary/aromatic N) is 1. The Morgan fingerprint density at radius 2 is 1.89 bits per heavy atom. The number of hydrogen-bond acceptors (Lipinski definition) is 3. The van der Waals surface area contributed by atoms with Crippen LogP contribution in [0.25, 0.3) is 0 Å².